The summed E-state index contributed by atoms with van der Waals surface area (Å²) in [6.45, 7) is 0. The molecule has 63 valence electrons. The van der Waals surface area contributed by atoms with Crippen LogP contribution < -0.4 is 22.6 Å². The molecule has 2 aromatic rings. The Bertz CT molecular complexity index is 393. The van der Waals surface area contributed by atoms with E-state index >= 15 is 0 Å². The van der Waals surface area contributed by atoms with E-state index in [2.05, 4.69) is 36.4 Å². The Balaban J connectivity index is 2.54. The number of rotatable bonds is 1. The normalized spacial score (nSPS) is 9.92. The minimum atomic E-state index is 1.17. The van der Waals surface area contributed by atoms with Gasteiger partial charge in [0.25, 0.3) is 22.6 Å². The molecule has 2 rings (SSSR count). The van der Waals surface area contributed by atoms with Gasteiger partial charge in [0.2, 0.25) is 0 Å². The van der Waals surface area contributed by atoms with Gasteiger partial charge >= 0.3 is 0 Å². The van der Waals surface area contributed by atoms with Crippen molar-refractivity contribution in [2.45, 2.75) is 0 Å². The standard InChI is InChI=1S/C12H9I/c13-12-9-5-4-8-11(12)10-6-2-1-3-7-10/h1-6,8-9,13H/q+1. The maximum Gasteiger partial charge on any atom is 0.297 e. The molecule has 13 heavy (non-hydrogen) atoms. The third-order valence-corrected chi connectivity index (χ3v) is 2.90. The van der Waals surface area contributed by atoms with Crippen LogP contribution in [0.1, 0.15) is 0 Å². The van der Waals surface area contributed by atoms with E-state index < -0.39 is 0 Å². The molecule has 0 aromatic heterocycles. The molecule has 0 aliphatic carbocycles. The van der Waals surface area contributed by atoms with E-state index in [4.69, 9.17) is 0 Å². The van der Waals surface area contributed by atoms with Crippen molar-refractivity contribution in [2.75, 3.05) is 0 Å². The molecule has 2 aromatic carbocycles. The summed E-state index contributed by atoms with van der Waals surface area (Å²) in [5, 5.41) is 0. The monoisotopic (exact) mass is 280 g/mol. The molecule has 0 saturated heterocycles. The third-order valence-electron chi connectivity index (χ3n) is 1.89. The summed E-state index contributed by atoms with van der Waals surface area (Å²) < 4.78 is 1.31. The van der Waals surface area contributed by atoms with Crippen molar-refractivity contribution in [3.8, 4) is 11.1 Å². The molecule has 0 amide bonds. The lowest BCUT2D eigenvalue weighted by Gasteiger charge is -1.98. The zero-order valence-corrected chi connectivity index (χ0v) is 9.36. The van der Waals surface area contributed by atoms with Crippen molar-refractivity contribution in [3.05, 3.63) is 58.2 Å². The van der Waals surface area contributed by atoms with Crippen LogP contribution in [0.25, 0.3) is 11.1 Å². The summed E-state index contributed by atoms with van der Waals surface area (Å²) in [5.41, 5.74) is 2.44. The van der Waals surface area contributed by atoms with Gasteiger partial charge in [-0.05, 0) is 23.8 Å². The van der Waals surface area contributed by atoms with Crippen LogP contribution >= 0.6 is 0 Å². The zero-order valence-electron chi connectivity index (χ0n) is 7.03. The number of hydrogen-bond acceptors (Lipinski definition) is 0. The highest BCUT2D eigenvalue weighted by Crippen LogP contribution is 2.16. The molecule has 0 unspecified atom stereocenters. The second kappa shape index (κ2) is 3.92. The molecular weight excluding hydrogens is 271 g/mol. The maximum atomic E-state index is 3.23. The lowest BCUT2D eigenvalue weighted by molar-refractivity contribution is -0.326. The molecule has 1 radical (unpaired) electrons. The molecule has 0 aliphatic heterocycles. The van der Waals surface area contributed by atoms with Crippen LogP contribution in [0.2, 0.25) is 0 Å². The van der Waals surface area contributed by atoms with Gasteiger partial charge in [0.05, 0.1) is 0 Å². The van der Waals surface area contributed by atoms with E-state index in [1.54, 1.807) is 0 Å². The Labute approximate surface area is 91.8 Å². The van der Waals surface area contributed by atoms with Crippen LogP contribution in [0.4, 0.5) is 0 Å². The zero-order chi connectivity index (χ0) is 9.10. The largest absolute Gasteiger partial charge is 0.297 e. The van der Waals surface area contributed by atoms with Crippen LogP contribution in [0.3, 0.4) is 0 Å². The highest BCUT2D eigenvalue weighted by molar-refractivity contribution is 5.61. The van der Waals surface area contributed by atoms with Gasteiger partial charge in [0.1, 0.15) is 0 Å². The van der Waals surface area contributed by atoms with Gasteiger partial charge in [0, 0.05) is 5.56 Å². The number of halogens is 1. The average molecular weight is 280 g/mol. The molecule has 0 aliphatic rings. The van der Waals surface area contributed by atoms with E-state index in [9.17, 15) is 0 Å². The highest BCUT2D eigenvalue weighted by atomic mass is 127. The Morgan fingerprint density at radius 1 is 0.923 bits per heavy atom. The Hall–Kier alpha value is -0.830. The molecule has 0 bridgehead atoms. The first-order chi connectivity index (χ1) is 6.38. The van der Waals surface area contributed by atoms with Crippen molar-refractivity contribution in [1.82, 2.24) is 0 Å². The van der Waals surface area contributed by atoms with Crippen molar-refractivity contribution >= 4 is 0 Å². The first-order valence-electron chi connectivity index (χ1n) is 4.11. The van der Waals surface area contributed by atoms with Crippen LogP contribution in [0.5, 0.6) is 0 Å². The summed E-state index contributed by atoms with van der Waals surface area (Å²) in [6.07, 6.45) is 0. The predicted octanol–water partition coefficient (Wildman–Crippen LogP) is -0.391. The average Bonchev–Trinajstić information content (AvgIpc) is 2.20. The summed E-state index contributed by atoms with van der Waals surface area (Å²) in [4.78, 5) is 0. The van der Waals surface area contributed by atoms with E-state index in [0.29, 0.717) is 0 Å². The summed E-state index contributed by atoms with van der Waals surface area (Å²) in [5.74, 6) is 0. The highest BCUT2D eigenvalue weighted by Gasteiger charge is 2.06. The van der Waals surface area contributed by atoms with E-state index in [1.807, 2.05) is 40.8 Å². The summed E-state index contributed by atoms with van der Waals surface area (Å²) in [6, 6.07) is 19.7. The van der Waals surface area contributed by atoms with Crippen molar-refractivity contribution in [2.24, 2.45) is 0 Å². The van der Waals surface area contributed by atoms with Gasteiger partial charge in [-0.2, -0.15) is 0 Å². The molecule has 0 fully saturated rings. The second-order valence-electron chi connectivity index (χ2n) is 2.77. The van der Waals surface area contributed by atoms with Crippen molar-refractivity contribution in [1.29, 1.82) is 0 Å². The van der Waals surface area contributed by atoms with Crippen molar-refractivity contribution in [3.63, 3.8) is 0 Å². The molecule has 0 N–H and O–H groups in total. The van der Waals surface area contributed by atoms with E-state index in [0.717, 1.165) is 0 Å². The third kappa shape index (κ3) is 1.91. The number of benzene rings is 2. The van der Waals surface area contributed by atoms with E-state index in [1.165, 1.54) is 14.7 Å². The lowest BCUT2D eigenvalue weighted by atomic mass is 10.1. The fourth-order valence-corrected chi connectivity index (χ4v) is 1.98. The van der Waals surface area contributed by atoms with Gasteiger partial charge in [0.15, 0.2) is 3.57 Å². The van der Waals surface area contributed by atoms with Gasteiger partial charge < -0.3 is 0 Å². The van der Waals surface area contributed by atoms with Gasteiger partial charge in [-0.15, -0.1) is 0 Å². The molecule has 0 saturated carbocycles. The predicted molar refractivity (Wildman–Crippen MR) is 50.8 cm³/mol. The Kier molecular flexibility index (Phi) is 2.64. The first kappa shape index (κ1) is 8.75. The summed E-state index contributed by atoms with van der Waals surface area (Å²) >= 11 is 2.05. The van der Waals surface area contributed by atoms with Crippen molar-refractivity contribution < 1.29 is 22.6 Å². The Morgan fingerprint density at radius 2 is 1.69 bits per heavy atom. The second-order valence-corrected chi connectivity index (χ2v) is 4.03. The van der Waals surface area contributed by atoms with Crippen LogP contribution in [-0.2, 0) is 0 Å². The van der Waals surface area contributed by atoms with Gasteiger partial charge in [-0.25, -0.2) is 0 Å². The minimum absolute atomic E-state index is 1.17. The van der Waals surface area contributed by atoms with Gasteiger partial charge in [-0.1, -0.05) is 36.4 Å². The molecule has 1 heteroatoms. The molecule has 0 heterocycles. The first-order valence-corrected chi connectivity index (χ1v) is 5.27. The Morgan fingerprint density at radius 3 is 2.38 bits per heavy atom. The molecule has 0 nitrogen and oxygen atoms in total. The fourth-order valence-electron chi connectivity index (χ4n) is 1.25. The SMILES string of the molecule is [IH+]c1ccccc1-c1[c]cccc1. The van der Waals surface area contributed by atoms with Gasteiger partial charge in [-0.3, -0.25) is 0 Å². The van der Waals surface area contributed by atoms with E-state index in [-0.39, 0.29) is 0 Å². The smallest absolute Gasteiger partial charge is 0.0616 e. The molecule has 0 atom stereocenters. The van der Waals surface area contributed by atoms with Crippen LogP contribution in [0, 0.1) is 9.64 Å². The quantitative estimate of drug-likeness (QED) is 0.624. The maximum absolute atomic E-state index is 3.23. The molecular formula is C12H9I+. The molecule has 0 spiro atoms. The lowest BCUT2D eigenvalue weighted by Crippen LogP contribution is -3.34. The minimum Gasteiger partial charge on any atom is -0.0616 e. The fraction of sp³-hybridized carbons (Fsp3) is 0. The summed E-state index contributed by atoms with van der Waals surface area (Å²) in [7, 11) is 0. The number of hydrogen-bond donors (Lipinski definition) is 0. The topological polar surface area (TPSA) is 0 Å². The van der Waals surface area contributed by atoms with Crippen LogP contribution in [-0.4, -0.2) is 0 Å². The van der Waals surface area contributed by atoms with Crippen LogP contribution in [0.15, 0.2) is 48.5 Å².